The van der Waals surface area contributed by atoms with Gasteiger partial charge in [0.2, 0.25) is 0 Å². The second-order valence-corrected chi connectivity index (χ2v) is 5.26. The number of aryl methyl sites for hydroxylation is 1. The van der Waals surface area contributed by atoms with Crippen LogP contribution in [0.3, 0.4) is 0 Å². The summed E-state index contributed by atoms with van der Waals surface area (Å²) >= 11 is 5.91. The molecule has 0 N–H and O–H groups in total. The summed E-state index contributed by atoms with van der Waals surface area (Å²) in [5.74, 6) is 0. The second-order valence-electron chi connectivity index (χ2n) is 4.82. The predicted octanol–water partition coefficient (Wildman–Crippen LogP) is 3.41. The highest BCUT2D eigenvalue weighted by Crippen LogP contribution is 2.14. The number of hydrogen-bond acceptors (Lipinski definition) is 2. The molecule has 0 radical (unpaired) electrons. The van der Waals surface area contributed by atoms with Gasteiger partial charge in [0.25, 0.3) is 5.56 Å². The third-order valence-electron chi connectivity index (χ3n) is 3.26. The van der Waals surface area contributed by atoms with E-state index in [9.17, 15) is 4.79 Å². The lowest BCUT2D eigenvalue weighted by molar-refractivity contribution is 0.748. The van der Waals surface area contributed by atoms with Crippen molar-refractivity contribution in [2.75, 3.05) is 0 Å². The van der Waals surface area contributed by atoms with Crippen LogP contribution in [0.15, 0.2) is 53.6 Å². The highest BCUT2D eigenvalue weighted by molar-refractivity contribution is 6.31. The van der Waals surface area contributed by atoms with Gasteiger partial charge in [0.15, 0.2) is 0 Å². The third-order valence-corrected chi connectivity index (χ3v) is 3.50. The van der Waals surface area contributed by atoms with Crippen molar-refractivity contribution in [1.29, 1.82) is 0 Å². The van der Waals surface area contributed by atoms with E-state index < -0.39 is 0 Å². The van der Waals surface area contributed by atoms with Crippen LogP contribution in [0.4, 0.5) is 0 Å². The Kier molecular flexibility index (Phi) is 3.28. The molecule has 0 spiro atoms. The van der Waals surface area contributed by atoms with E-state index in [1.54, 1.807) is 29.1 Å². The van der Waals surface area contributed by atoms with Crippen molar-refractivity contribution in [1.82, 2.24) is 9.55 Å². The molecule has 3 rings (SSSR count). The summed E-state index contributed by atoms with van der Waals surface area (Å²) in [4.78, 5) is 16.7. The summed E-state index contributed by atoms with van der Waals surface area (Å²) in [6.45, 7) is 2.56. The first kappa shape index (κ1) is 12.9. The summed E-state index contributed by atoms with van der Waals surface area (Å²) in [6, 6.07) is 13.3. The van der Waals surface area contributed by atoms with Gasteiger partial charge in [0.05, 0.1) is 23.8 Å². The van der Waals surface area contributed by atoms with Crippen LogP contribution in [0.1, 0.15) is 11.1 Å². The molecule has 20 heavy (non-hydrogen) atoms. The molecule has 3 aromatic rings. The molecule has 0 atom stereocenters. The molecule has 0 amide bonds. The molecule has 4 heteroatoms. The van der Waals surface area contributed by atoms with E-state index in [0.29, 0.717) is 22.5 Å². The summed E-state index contributed by atoms with van der Waals surface area (Å²) in [6.07, 6.45) is 1.57. The largest absolute Gasteiger partial charge is 0.294 e. The Bertz CT molecular complexity index is 822. The summed E-state index contributed by atoms with van der Waals surface area (Å²) in [7, 11) is 0. The number of halogens is 1. The topological polar surface area (TPSA) is 34.9 Å². The number of fused-ring (bicyclic) bond motifs is 1. The van der Waals surface area contributed by atoms with Crippen molar-refractivity contribution in [3.8, 4) is 0 Å². The fourth-order valence-corrected chi connectivity index (χ4v) is 2.30. The lowest BCUT2D eigenvalue weighted by Gasteiger charge is -2.07. The van der Waals surface area contributed by atoms with Crippen molar-refractivity contribution in [2.45, 2.75) is 13.5 Å². The van der Waals surface area contributed by atoms with Crippen LogP contribution < -0.4 is 5.56 Å². The molecule has 0 aliphatic carbocycles. The molecule has 0 fully saturated rings. The molecule has 0 bridgehead atoms. The minimum Gasteiger partial charge on any atom is -0.294 e. The van der Waals surface area contributed by atoms with Crippen molar-refractivity contribution in [3.05, 3.63) is 75.3 Å². The molecule has 0 aliphatic rings. The van der Waals surface area contributed by atoms with Gasteiger partial charge < -0.3 is 0 Å². The lowest BCUT2D eigenvalue weighted by Crippen LogP contribution is -2.21. The van der Waals surface area contributed by atoms with Crippen LogP contribution in [0.5, 0.6) is 0 Å². The van der Waals surface area contributed by atoms with E-state index in [1.165, 1.54) is 5.56 Å². The van der Waals surface area contributed by atoms with E-state index in [0.717, 1.165) is 5.56 Å². The molecule has 3 nitrogen and oxygen atoms in total. The van der Waals surface area contributed by atoms with Gasteiger partial charge in [-0.1, -0.05) is 41.4 Å². The third kappa shape index (κ3) is 2.45. The summed E-state index contributed by atoms with van der Waals surface area (Å²) in [5, 5.41) is 1.17. The van der Waals surface area contributed by atoms with Crippen LogP contribution in [-0.2, 0) is 6.54 Å². The van der Waals surface area contributed by atoms with Crippen LogP contribution >= 0.6 is 11.6 Å². The Balaban J connectivity index is 2.04. The Labute approximate surface area is 121 Å². The van der Waals surface area contributed by atoms with Gasteiger partial charge in [0.1, 0.15) is 0 Å². The van der Waals surface area contributed by atoms with Crippen LogP contribution in [0.2, 0.25) is 5.02 Å². The number of nitrogens with zero attached hydrogens (tertiary/aromatic N) is 2. The SMILES string of the molecule is Cc1ccc(Cn2cnc3cc(Cl)ccc3c2=O)cc1. The first-order valence-electron chi connectivity index (χ1n) is 6.34. The maximum atomic E-state index is 12.4. The van der Waals surface area contributed by atoms with Crippen LogP contribution in [0, 0.1) is 6.92 Å². The van der Waals surface area contributed by atoms with Crippen LogP contribution in [0.25, 0.3) is 10.9 Å². The zero-order valence-electron chi connectivity index (χ0n) is 11.0. The standard InChI is InChI=1S/C16H13ClN2O/c1-11-2-4-12(5-3-11)9-19-10-18-15-8-13(17)6-7-14(15)16(19)20/h2-8,10H,9H2,1H3. The lowest BCUT2D eigenvalue weighted by atomic mass is 10.1. The van der Waals surface area contributed by atoms with Crippen molar-refractivity contribution < 1.29 is 0 Å². The molecule has 0 saturated carbocycles. The Hall–Kier alpha value is -2.13. The van der Waals surface area contributed by atoms with Crippen molar-refractivity contribution >= 4 is 22.5 Å². The average molecular weight is 285 g/mol. The number of benzene rings is 2. The fraction of sp³-hybridized carbons (Fsp3) is 0.125. The number of hydrogen-bond donors (Lipinski definition) is 0. The van der Waals surface area contributed by atoms with E-state index in [4.69, 9.17) is 11.6 Å². The average Bonchev–Trinajstić information content (AvgIpc) is 2.44. The summed E-state index contributed by atoms with van der Waals surface area (Å²) in [5.41, 5.74) is 2.86. The quantitative estimate of drug-likeness (QED) is 0.723. The van der Waals surface area contributed by atoms with Crippen molar-refractivity contribution in [2.24, 2.45) is 0 Å². The second kappa shape index (κ2) is 5.10. The maximum absolute atomic E-state index is 12.4. The van der Waals surface area contributed by atoms with E-state index in [-0.39, 0.29) is 5.56 Å². The van der Waals surface area contributed by atoms with Crippen molar-refractivity contribution in [3.63, 3.8) is 0 Å². The fourth-order valence-electron chi connectivity index (χ4n) is 2.13. The minimum absolute atomic E-state index is 0.0489. The predicted molar refractivity (Wildman–Crippen MR) is 81.3 cm³/mol. The molecule has 100 valence electrons. The molecular weight excluding hydrogens is 272 g/mol. The molecule has 2 aromatic carbocycles. The van der Waals surface area contributed by atoms with Gasteiger partial charge in [-0.25, -0.2) is 4.98 Å². The maximum Gasteiger partial charge on any atom is 0.261 e. The first-order valence-corrected chi connectivity index (χ1v) is 6.71. The smallest absolute Gasteiger partial charge is 0.261 e. The Morgan fingerprint density at radius 3 is 2.65 bits per heavy atom. The van der Waals surface area contributed by atoms with Gasteiger partial charge in [-0.3, -0.25) is 9.36 Å². The molecule has 0 aliphatic heterocycles. The zero-order valence-corrected chi connectivity index (χ0v) is 11.8. The molecule has 1 heterocycles. The molecule has 1 aromatic heterocycles. The number of aromatic nitrogens is 2. The Morgan fingerprint density at radius 2 is 1.90 bits per heavy atom. The zero-order chi connectivity index (χ0) is 14.1. The van der Waals surface area contributed by atoms with Gasteiger partial charge in [-0.05, 0) is 30.7 Å². The van der Waals surface area contributed by atoms with E-state index >= 15 is 0 Å². The first-order chi connectivity index (χ1) is 9.63. The Morgan fingerprint density at radius 1 is 1.15 bits per heavy atom. The highest BCUT2D eigenvalue weighted by atomic mass is 35.5. The van der Waals surface area contributed by atoms with E-state index in [2.05, 4.69) is 4.98 Å². The van der Waals surface area contributed by atoms with Gasteiger partial charge in [0, 0.05) is 5.02 Å². The molecule has 0 unspecified atom stereocenters. The number of rotatable bonds is 2. The monoisotopic (exact) mass is 284 g/mol. The minimum atomic E-state index is -0.0489. The summed E-state index contributed by atoms with van der Waals surface area (Å²) < 4.78 is 1.61. The van der Waals surface area contributed by atoms with Gasteiger partial charge in [-0.2, -0.15) is 0 Å². The highest BCUT2D eigenvalue weighted by Gasteiger charge is 2.05. The van der Waals surface area contributed by atoms with Gasteiger partial charge in [-0.15, -0.1) is 0 Å². The van der Waals surface area contributed by atoms with Crippen LogP contribution in [-0.4, -0.2) is 9.55 Å². The van der Waals surface area contributed by atoms with Gasteiger partial charge >= 0.3 is 0 Å². The molecular formula is C16H13ClN2O. The molecule has 0 saturated heterocycles. The van der Waals surface area contributed by atoms with E-state index in [1.807, 2.05) is 31.2 Å². The normalized spacial score (nSPS) is 10.9.